The summed E-state index contributed by atoms with van der Waals surface area (Å²) in [4.78, 5) is 16.0. The van der Waals surface area contributed by atoms with E-state index in [9.17, 15) is 4.79 Å². The molecule has 2 heterocycles. The van der Waals surface area contributed by atoms with Crippen molar-refractivity contribution in [1.82, 2.24) is 20.1 Å². The van der Waals surface area contributed by atoms with Crippen molar-refractivity contribution in [3.05, 3.63) is 28.0 Å². The molecule has 0 aliphatic heterocycles. The summed E-state index contributed by atoms with van der Waals surface area (Å²) in [6, 6.07) is 0. The maximum atomic E-state index is 11.8. The zero-order valence-electron chi connectivity index (χ0n) is 9.60. The molecule has 0 aliphatic rings. The highest BCUT2D eigenvalue weighted by Crippen LogP contribution is 2.10. The lowest BCUT2D eigenvalue weighted by Gasteiger charge is -2.00. The molecule has 0 aromatic carbocycles. The third-order valence-corrected chi connectivity index (χ3v) is 2.99. The maximum Gasteiger partial charge on any atom is 0.274 e. The number of aromatic nitrogens is 3. The fourth-order valence-corrected chi connectivity index (χ4v) is 2.04. The van der Waals surface area contributed by atoms with Gasteiger partial charge in [0.2, 0.25) is 0 Å². The lowest BCUT2D eigenvalue weighted by Crippen LogP contribution is -2.24. The number of nitrogen functional groups attached to an aromatic ring is 1. The Morgan fingerprint density at radius 1 is 1.65 bits per heavy atom. The lowest BCUT2D eigenvalue weighted by atomic mass is 10.3. The van der Waals surface area contributed by atoms with E-state index in [1.807, 2.05) is 12.3 Å². The van der Waals surface area contributed by atoms with Gasteiger partial charge < -0.3 is 11.1 Å². The number of aryl methyl sites for hydroxylation is 2. The Morgan fingerprint density at radius 2 is 2.41 bits per heavy atom. The molecule has 17 heavy (non-hydrogen) atoms. The third kappa shape index (κ3) is 2.62. The minimum Gasteiger partial charge on any atom is -0.396 e. The van der Waals surface area contributed by atoms with E-state index in [0.29, 0.717) is 12.2 Å². The number of amides is 1. The second-order valence-electron chi connectivity index (χ2n) is 3.65. The summed E-state index contributed by atoms with van der Waals surface area (Å²) in [5, 5.41) is 9.61. The fourth-order valence-electron chi connectivity index (χ4n) is 1.43. The Labute approximate surface area is 102 Å². The number of anilines is 1. The first-order chi connectivity index (χ1) is 8.06. The van der Waals surface area contributed by atoms with Gasteiger partial charge in [-0.3, -0.25) is 9.48 Å². The van der Waals surface area contributed by atoms with E-state index in [2.05, 4.69) is 15.4 Å². The molecule has 0 fully saturated rings. The van der Waals surface area contributed by atoms with E-state index in [-0.39, 0.29) is 11.6 Å². The second kappa shape index (κ2) is 4.54. The van der Waals surface area contributed by atoms with Crippen LogP contribution in [0.3, 0.4) is 0 Å². The number of hydrogen-bond donors (Lipinski definition) is 2. The van der Waals surface area contributed by atoms with Crippen LogP contribution in [0.1, 0.15) is 21.2 Å². The molecule has 0 radical (unpaired) electrons. The van der Waals surface area contributed by atoms with Gasteiger partial charge in [0.1, 0.15) is 0 Å². The molecular formula is C10H13N5OS. The molecule has 0 spiro atoms. The smallest absolute Gasteiger partial charge is 0.274 e. The highest BCUT2D eigenvalue weighted by molar-refractivity contribution is 7.09. The molecule has 0 unspecified atom stereocenters. The first-order valence-electron chi connectivity index (χ1n) is 5.04. The number of carbonyl (C=O) groups is 1. The van der Waals surface area contributed by atoms with E-state index >= 15 is 0 Å². The summed E-state index contributed by atoms with van der Waals surface area (Å²) in [5.74, 6) is -0.284. The van der Waals surface area contributed by atoms with E-state index < -0.39 is 0 Å². The van der Waals surface area contributed by atoms with Crippen molar-refractivity contribution >= 4 is 22.9 Å². The van der Waals surface area contributed by atoms with Crippen molar-refractivity contribution in [2.75, 3.05) is 5.73 Å². The van der Waals surface area contributed by atoms with Crippen LogP contribution in [-0.2, 0) is 13.6 Å². The van der Waals surface area contributed by atoms with Gasteiger partial charge in [0.05, 0.1) is 22.9 Å². The largest absolute Gasteiger partial charge is 0.396 e. The Bertz CT molecular complexity index is 545. The molecule has 0 saturated heterocycles. The molecule has 0 aliphatic carbocycles. The zero-order chi connectivity index (χ0) is 12.4. The number of nitrogens with zero attached hydrogens (tertiary/aromatic N) is 3. The molecule has 2 aromatic rings. The quantitative estimate of drug-likeness (QED) is 0.840. The van der Waals surface area contributed by atoms with Crippen molar-refractivity contribution in [3.8, 4) is 0 Å². The first kappa shape index (κ1) is 11.6. The minimum absolute atomic E-state index is 0.249. The average Bonchev–Trinajstić information content (AvgIpc) is 2.81. The fraction of sp³-hybridized carbons (Fsp3) is 0.300. The summed E-state index contributed by atoms with van der Waals surface area (Å²) >= 11 is 1.55. The predicted octanol–water partition coefficient (Wildman–Crippen LogP) is 0.697. The van der Waals surface area contributed by atoms with Crippen LogP contribution in [-0.4, -0.2) is 20.7 Å². The summed E-state index contributed by atoms with van der Waals surface area (Å²) < 4.78 is 1.51. The monoisotopic (exact) mass is 251 g/mol. The van der Waals surface area contributed by atoms with Gasteiger partial charge in [-0.1, -0.05) is 0 Å². The Balaban J connectivity index is 2.00. The molecule has 7 heteroatoms. The van der Waals surface area contributed by atoms with Crippen LogP contribution in [0.4, 0.5) is 5.69 Å². The molecule has 2 rings (SSSR count). The van der Waals surface area contributed by atoms with Crippen LogP contribution in [0, 0.1) is 6.92 Å². The first-order valence-corrected chi connectivity index (χ1v) is 5.92. The zero-order valence-corrected chi connectivity index (χ0v) is 10.4. The lowest BCUT2D eigenvalue weighted by molar-refractivity contribution is 0.0945. The molecule has 1 amide bonds. The van der Waals surface area contributed by atoms with Crippen LogP contribution in [0.15, 0.2) is 11.6 Å². The van der Waals surface area contributed by atoms with Gasteiger partial charge in [0, 0.05) is 18.6 Å². The summed E-state index contributed by atoms with van der Waals surface area (Å²) in [6.07, 6.45) is 1.60. The second-order valence-corrected chi connectivity index (χ2v) is 4.71. The van der Waals surface area contributed by atoms with Crippen molar-refractivity contribution in [2.45, 2.75) is 13.5 Å². The van der Waals surface area contributed by atoms with E-state index in [1.54, 1.807) is 24.6 Å². The Kier molecular flexibility index (Phi) is 3.10. The normalized spacial score (nSPS) is 10.5. The van der Waals surface area contributed by atoms with Gasteiger partial charge in [-0.15, -0.1) is 11.3 Å². The molecule has 2 aromatic heterocycles. The third-order valence-electron chi connectivity index (χ3n) is 2.17. The van der Waals surface area contributed by atoms with E-state index in [0.717, 1.165) is 10.7 Å². The Morgan fingerprint density at radius 3 is 2.94 bits per heavy atom. The topological polar surface area (TPSA) is 85.8 Å². The van der Waals surface area contributed by atoms with Gasteiger partial charge in [0.15, 0.2) is 5.69 Å². The number of hydrogen-bond acceptors (Lipinski definition) is 5. The average molecular weight is 251 g/mol. The number of carbonyl (C=O) groups excluding carboxylic acids is 1. The predicted molar refractivity (Wildman–Crippen MR) is 65.6 cm³/mol. The SMILES string of the molecule is Cc1nc(CNC(=O)c2nn(C)cc2N)cs1. The van der Waals surface area contributed by atoms with Crippen molar-refractivity contribution in [1.29, 1.82) is 0 Å². The van der Waals surface area contributed by atoms with Gasteiger partial charge >= 0.3 is 0 Å². The highest BCUT2D eigenvalue weighted by Gasteiger charge is 2.13. The van der Waals surface area contributed by atoms with Gasteiger partial charge in [-0.2, -0.15) is 5.10 Å². The molecule has 0 atom stereocenters. The Hall–Kier alpha value is -1.89. The van der Waals surface area contributed by atoms with E-state index in [4.69, 9.17) is 5.73 Å². The van der Waals surface area contributed by atoms with Crippen molar-refractivity contribution < 1.29 is 4.79 Å². The summed E-state index contributed by atoms with van der Waals surface area (Å²) in [5.41, 5.74) is 7.12. The van der Waals surface area contributed by atoms with Crippen LogP contribution in [0.25, 0.3) is 0 Å². The maximum absolute atomic E-state index is 11.8. The summed E-state index contributed by atoms with van der Waals surface area (Å²) in [7, 11) is 1.72. The van der Waals surface area contributed by atoms with Crippen LogP contribution in [0.2, 0.25) is 0 Å². The molecular weight excluding hydrogens is 238 g/mol. The van der Waals surface area contributed by atoms with E-state index in [1.165, 1.54) is 4.68 Å². The standard InChI is InChI=1S/C10H13N5OS/c1-6-13-7(5-17-6)3-12-10(16)9-8(11)4-15(2)14-9/h4-5H,3,11H2,1-2H3,(H,12,16). The number of thiazole rings is 1. The van der Waals surface area contributed by atoms with Gasteiger partial charge in [-0.25, -0.2) is 4.98 Å². The molecule has 0 bridgehead atoms. The molecule has 6 nitrogen and oxygen atoms in total. The van der Waals surface area contributed by atoms with Crippen LogP contribution < -0.4 is 11.1 Å². The highest BCUT2D eigenvalue weighted by atomic mass is 32.1. The van der Waals surface area contributed by atoms with Gasteiger partial charge in [0.25, 0.3) is 5.91 Å². The van der Waals surface area contributed by atoms with Crippen LogP contribution >= 0.6 is 11.3 Å². The minimum atomic E-state index is -0.284. The number of rotatable bonds is 3. The van der Waals surface area contributed by atoms with Gasteiger partial charge in [-0.05, 0) is 6.92 Å². The number of nitrogens with two attached hydrogens (primary N) is 1. The molecule has 90 valence electrons. The summed E-state index contributed by atoms with van der Waals surface area (Å²) in [6.45, 7) is 2.31. The number of nitrogens with one attached hydrogen (secondary N) is 1. The van der Waals surface area contributed by atoms with Crippen LogP contribution in [0.5, 0.6) is 0 Å². The molecule has 3 N–H and O–H groups in total. The molecule has 0 saturated carbocycles. The van der Waals surface area contributed by atoms with Crippen molar-refractivity contribution in [2.24, 2.45) is 7.05 Å². The van der Waals surface area contributed by atoms with Crippen molar-refractivity contribution in [3.63, 3.8) is 0 Å².